The van der Waals surface area contributed by atoms with Gasteiger partial charge in [-0.15, -0.1) is 0 Å². The summed E-state index contributed by atoms with van der Waals surface area (Å²) in [5.41, 5.74) is 1.63. The third-order valence-electron chi connectivity index (χ3n) is 6.44. The van der Waals surface area contributed by atoms with Crippen LogP contribution in [0.5, 0.6) is 5.75 Å². The minimum atomic E-state index is -3.88. The van der Waals surface area contributed by atoms with Crippen molar-refractivity contribution in [1.29, 1.82) is 0 Å². The van der Waals surface area contributed by atoms with Crippen LogP contribution in [-0.4, -0.2) is 36.4 Å². The number of rotatable bonds is 6. The van der Waals surface area contributed by atoms with Crippen molar-refractivity contribution in [2.24, 2.45) is 0 Å². The van der Waals surface area contributed by atoms with Crippen LogP contribution in [0, 0.1) is 0 Å². The zero-order valence-electron chi connectivity index (χ0n) is 21.4. The first-order valence-corrected chi connectivity index (χ1v) is 13.1. The van der Waals surface area contributed by atoms with Gasteiger partial charge in [-0.25, -0.2) is 13.4 Å². The molecule has 0 bridgehead atoms. The van der Waals surface area contributed by atoms with Crippen molar-refractivity contribution in [3.8, 4) is 11.4 Å². The molecule has 0 fully saturated rings. The third kappa shape index (κ3) is 4.54. The van der Waals surface area contributed by atoms with Gasteiger partial charge in [-0.05, 0) is 54.3 Å². The van der Waals surface area contributed by atoms with E-state index < -0.39 is 16.1 Å². The van der Waals surface area contributed by atoms with Crippen molar-refractivity contribution in [3.05, 3.63) is 94.5 Å². The summed E-state index contributed by atoms with van der Waals surface area (Å²) in [5.74, 6) is 0.772. The molecule has 4 rings (SSSR count). The van der Waals surface area contributed by atoms with Crippen molar-refractivity contribution < 1.29 is 13.2 Å². The fourth-order valence-electron chi connectivity index (χ4n) is 4.14. The molecule has 0 radical (unpaired) electrons. The number of nitrogens with zero attached hydrogens (tertiary/aromatic N) is 3. The molecule has 0 N–H and O–H groups in total. The number of hydrogen-bond acceptors (Lipinski definition) is 5. The van der Waals surface area contributed by atoms with Gasteiger partial charge in [0, 0.05) is 7.05 Å². The van der Waals surface area contributed by atoms with E-state index in [0.717, 1.165) is 5.56 Å². The molecule has 0 saturated heterocycles. The highest BCUT2D eigenvalue weighted by molar-refractivity contribution is 7.89. The van der Waals surface area contributed by atoms with E-state index in [9.17, 15) is 13.2 Å². The van der Waals surface area contributed by atoms with E-state index in [0.29, 0.717) is 28.2 Å². The number of para-hydroxylation sites is 3. The van der Waals surface area contributed by atoms with Crippen LogP contribution in [0.3, 0.4) is 0 Å². The number of benzene rings is 3. The molecule has 0 aliphatic carbocycles. The zero-order valence-corrected chi connectivity index (χ0v) is 22.2. The molecule has 3 aromatic carbocycles. The van der Waals surface area contributed by atoms with Crippen LogP contribution in [0.4, 0.5) is 0 Å². The fourth-order valence-corrected chi connectivity index (χ4v) is 5.46. The molecule has 36 heavy (non-hydrogen) atoms. The largest absolute Gasteiger partial charge is 0.495 e. The van der Waals surface area contributed by atoms with Crippen LogP contribution in [0.2, 0.25) is 0 Å². The normalized spacial score (nSPS) is 13.2. The molecule has 0 amide bonds. The Morgan fingerprint density at radius 3 is 2.19 bits per heavy atom. The molecule has 7 nitrogen and oxygen atoms in total. The van der Waals surface area contributed by atoms with E-state index in [1.54, 1.807) is 61.5 Å². The molecule has 0 spiro atoms. The first-order valence-electron chi connectivity index (χ1n) is 11.7. The van der Waals surface area contributed by atoms with Crippen LogP contribution < -0.4 is 10.3 Å². The van der Waals surface area contributed by atoms with Crippen molar-refractivity contribution in [1.82, 2.24) is 13.9 Å². The van der Waals surface area contributed by atoms with Crippen LogP contribution in [0.1, 0.15) is 45.1 Å². The summed E-state index contributed by atoms with van der Waals surface area (Å²) in [7, 11) is -0.850. The number of methoxy groups -OCH3 is 1. The van der Waals surface area contributed by atoms with E-state index in [4.69, 9.17) is 9.72 Å². The summed E-state index contributed by atoms with van der Waals surface area (Å²) in [6.45, 7) is 7.96. The average Bonchev–Trinajstić information content (AvgIpc) is 2.87. The molecule has 188 valence electrons. The Labute approximate surface area is 212 Å². The minimum absolute atomic E-state index is 0.0959. The fraction of sp³-hybridized carbons (Fsp3) is 0.286. The second-order valence-corrected chi connectivity index (χ2v) is 11.8. The van der Waals surface area contributed by atoms with Crippen molar-refractivity contribution >= 4 is 20.9 Å². The number of fused-ring (bicyclic) bond motifs is 1. The molecule has 1 aromatic heterocycles. The molecule has 1 heterocycles. The number of aromatic nitrogens is 2. The van der Waals surface area contributed by atoms with Gasteiger partial charge in [0.2, 0.25) is 10.0 Å². The maximum absolute atomic E-state index is 13.7. The van der Waals surface area contributed by atoms with E-state index in [1.807, 2.05) is 18.2 Å². The number of hydrogen-bond donors (Lipinski definition) is 0. The van der Waals surface area contributed by atoms with Crippen molar-refractivity contribution in [3.63, 3.8) is 0 Å². The summed E-state index contributed by atoms with van der Waals surface area (Å²) < 4.78 is 35.4. The molecule has 1 unspecified atom stereocenters. The Balaban J connectivity index is 1.88. The molecule has 8 heteroatoms. The van der Waals surface area contributed by atoms with Gasteiger partial charge in [0.15, 0.2) is 0 Å². The highest BCUT2D eigenvalue weighted by atomic mass is 32.2. The minimum Gasteiger partial charge on any atom is -0.495 e. The Bertz CT molecular complexity index is 1570. The highest BCUT2D eigenvalue weighted by Crippen LogP contribution is 2.30. The van der Waals surface area contributed by atoms with Gasteiger partial charge in [-0.2, -0.15) is 4.31 Å². The topological polar surface area (TPSA) is 81.5 Å². The first-order chi connectivity index (χ1) is 17.0. The quantitative estimate of drug-likeness (QED) is 0.365. The van der Waals surface area contributed by atoms with Crippen LogP contribution in [0.15, 0.2) is 82.5 Å². The van der Waals surface area contributed by atoms with Crippen LogP contribution >= 0.6 is 0 Å². The Morgan fingerprint density at radius 2 is 1.56 bits per heavy atom. The first kappa shape index (κ1) is 25.6. The van der Waals surface area contributed by atoms with Gasteiger partial charge in [0.25, 0.3) is 5.56 Å². The van der Waals surface area contributed by atoms with Gasteiger partial charge in [-0.1, -0.05) is 57.2 Å². The van der Waals surface area contributed by atoms with E-state index in [2.05, 4.69) is 20.8 Å². The summed E-state index contributed by atoms with van der Waals surface area (Å²) >= 11 is 0. The van der Waals surface area contributed by atoms with Crippen molar-refractivity contribution in [2.45, 2.75) is 44.0 Å². The Morgan fingerprint density at radius 1 is 0.944 bits per heavy atom. The monoisotopic (exact) mass is 505 g/mol. The lowest BCUT2D eigenvalue weighted by Crippen LogP contribution is -2.35. The Kier molecular flexibility index (Phi) is 6.77. The molecular formula is C28H31N3O4S. The lowest BCUT2D eigenvalue weighted by atomic mass is 9.87. The highest BCUT2D eigenvalue weighted by Gasteiger charge is 2.31. The third-order valence-corrected chi connectivity index (χ3v) is 8.39. The smallest absolute Gasteiger partial charge is 0.266 e. The van der Waals surface area contributed by atoms with E-state index >= 15 is 0 Å². The summed E-state index contributed by atoms with van der Waals surface area (Å²) in [6.07, 6.45) is 0. The SMILES string of the molecule is COc1ccccc1-n1c(C(C)N(C)S(=O)(=O)c2ccc(C(C)(C)C)cc2)nc2ccccc2c1=O. The summed E-state index contributed by atoms with van der Waals surface area (Å²) in [6, 6.07) is 20.3. The molecular weight excluding hydrogens is 474 g/mol. The molecule has 0 aliphatic rings. The second kappa shape index (κ2) is 9.52. The molecule has 4 aromatic rings. The molecule has 1 atom stereocenters. The lowest BCUT2D eigenvalue weighted by molar-refractivity contribution is 0.376. The number of ether oxygens (including phenoxy) is 1. The van der Waals surface area contributed by atoms with E-state index in [-0.39, 0.29) is 15.9 Å². The van der Waals surface area contributed by atoms with Gasteiger partial charge < -0.3 is 4.74 Å². The van der Waals surface area contributed by atoms with Gasteiger partial charge in [-0.3, -0.25) is 9.36 Å². The molecule has 0 saturated carbocycles. The standard InChI is InChI=1S/C28H31N3O4S/c1-19(30(5)36(33,34)21-17-15-20(16-18-21)28(2,3)4)26-29-23-12-8-7-11-22(23)27(32)31(26)24-13-9-10-14-25(24)35-6/h7-19H,1-6H3. The van der Waals surface area contributed by atoms with Crippen LogP contribution in [-0.2, 0) is 15.4 Å². The van der Waals surface area contributed by atoms with Crippen LogP contribution in [0.25, 0.3) is 16.6 Å². The second-order valence-electron chi connectivity index (χ2n) is 9.77. The lowest BCUT2D eigenvalue weighted by Gasteiger charge is -2.27. The molecule has 0 aliphatic heterocycles. The Hall–Kier alpha value is -3.49. The summed E-state index contributed by atoms with van der Waals surface area (Å²) in [4.78, 5) is 18.6. The van der Waals surface area contributed by atoms with Gasteiger partial charge in [0.1, 0.15) is 11.6 Å². The number of sulfonamides is 1. The van der Waals surface area contributed by atoms with Gasteiger partial charge in [0.05, 0.1) is 34.6 Å². The van der Waals surface area contributed by atoms with Crippen molar-refractivity contribution in [2.75, 3.05) is 14.2 Å². The van der Waals surface area contributed by atoms with E-state index in [1.165, 1.54) is 23.0 Å². The predicted octanol–water partition coefficient (Wildman–Crippen LogP) is 5.07. The maximum Gasteiger partial charge on any atom is 0.266 e. The van der Waals surface area contributed by atoms with Gasteiger partial charge >= 0.3 is 0 Å². The summed E-state index contributed by atoms with van der Waals surface area (Å²) in [5, 5.41) is 0.433. The average molecular weight is 506 g/mol. The maximum atomic E-state index is 13.7. The zero-order chi connectivity index (χ0) is 26.3. The predicted molar refractivity (Wildman–Crippen MR) is 142 cm³/mol.